The molecule has 4 heteroatoms. The molecule has 3 nitrogen and oxygen atoms in total. The number of hydrogen-bond donors (Lipinski definition) is 2. The standard InChI is InChI=1S/C17H19FN2O/c1-11(2)16(12-6-4-3-5-7-12)20-17(21)13-8-9-15(19)14(18)10-13/h3-11,16H,19H2,1-2H3,(H,20,21). The van der Waals surface area contributed by atoms with Gasteiger partial charge in [0.2, 0.25) is 0 Å². The Bertz CT molecular complexity index is 626. The fourth-order valence-corrected chi connectivity index (χ4v) is 2.19. The van der Waals surface area contributed by atoms with Gasteiger partial charge in [0.1, 0.15) is 5.82 Å². The molecule has 2 rings (SSSR count). The van der Waals surface area contributed by atoms with Gasteiger partial charge in [-0.1, -0.05) is 44.2 Å². The molecule has 0 radical (unpaired) electrons. The van der Waals surface area contributed by atoms with E-state index in [9.17, 15) is 9.18 Å². The highest BCUT2D eigenvalue weighted by Gasteiger charge is 2.19. The fraction of sp³-hybridized carbons (Fsp3) is 0.235. The van der Waals surface area contributed by atoms with Crippen LogP contribution in [0, 0.1) is 11.7 Å². The smallest absolute Gasteiger partial charge is 0.251 e. The van der Waals surface area contributed by atoms with E-state index in [1.807, 2.05) is 44.2 Å². The molecule has 0 saturated carbocycles. The van der Waals surface area contributed by atoms with E-state index >= 15 is 0 Å². The van der Waals surface area contributed by atoms with E-state index in [1.165, 1.54) is 12.1 Å². The summed E-state index contributed by atoms with van der Waals surface area (Å²) in [5.41, 5.74) is 6.75. The molecule has 0 fully saturated rings. The minimum atomic E-state index is -0.580. The van der Waals surface area contributed by atoms with Crippen LogP contribution >= 0.6 is 0 Å². The second kappa shape index (κ2) is 6.39. The summed E-state index contributed by atoms with van der Waals surface area (Å²) in [5, 5.41) is 2.95. The monoisotopic (exact) mass is 286 g/mol. The molecule has 3 N–H and O–H groups in total. The van der Waals surface area contributed by atoms with Gasteiger partial charge in [0.15, 0.2) is 0 Å². The number of nitrogens with two attached hydrogens (primary N) is 1. The number of carbonyl (C=O) groups is 1. The summed E-state index contributed by atoms with van der Waals surface area (Å²) in [6.45, 7) is 4.06. The van der Waals surface area contributed by atoms with Gasteiger partial charge in [0.05, 0.1) is 11.7 Å². The van der Waals surface area contributed by atoms with Crippen molar-refractivity contribution in [3.05, 3.63) is 65.5 Å². The van der Waals surface area contributed by atoms with Gasteiger partial charge in [-0.3, -0.25) is 4.79 Å². The molecule has 0 aliphatic rings. The van der Waals surface area contributed by atoms with Crippen LogP contribution in [0.5, 0.6) is 0 Å². The Morgan fingerprint density at radius 1 is 1.14 bits per heavy atom. The van der Waals surface area contributed by atoms with Crippen LogP contribution < -0.4 is 11.1 Å². The highest BCUT2D eigenvalue weighted by molar-refractivity contribution is 5.94. The van der Waals surface area contributed by atoms with Crippen molar-refractivity contribution >= 4 is 11.6 Å². The van der Waals surface area contributed by atoms with Crippen LogP contribution in [0.25, 0.3) is 0 Å². The maximum Gasteiger partial charge on any atom is 0.251 e. The van der Waals surface area contributed by atoms with Crippen LogP contribution in [-0.4, -0.2) is 5.91 Å². The third-order valence-corrected chi connectivity index (χ3v) is 3.37. The number of amides is 1. The van der Waals surface area contributed by atoms with Gasteiger partial charge in [0.25, 0.3) is 5.91 Å². The first-order valence-electron chi connectivity index (χ1n) is 6.90. The molecule has 1 atom stereocenters. The number of anilines is 1. The number of benzene rings is 2. The van der Waals surface area contributed by atoms with Crippen molar-refractivity contribution in [1.29, 1.82) is 0 Å². The van der Waals surface area contributed by atoms with Crippen molar-refractivity contribution in [1.82, 2.24) is 5.32 Å². The predicted molar refractivity (Wildman–Crippen MR) is 82.3 cm³/mol. The molecular weight excluding hydrogens is 267 g/mol. The lowest BCUT2D eigenvalue weighted by atomic mass is 9.95. The molecule has 0 aromatic heterocycles. The highest BCUT2D eigenvalue weighted by Crippen LogP contribution is 2.22. The summed E-state index contributed by atoms with van der Waals surface area (Å²) >= 11 is 0. The average molecular weight is 286 g/mol. The molecule has 0 spiro atoms. The molecule has 0 bridgehead atoms. The summed E-state index contributed by atoms with van der Waals surface area (Å²) in [6.07, 6.45) is 0. The van der Waals surface area contributed by atoms with Crippen molar-refractivity contribution in [2.24, 2.45) is 5.92 Å². The number of nitrogens with one attached hydrogen (secondary N) is 1. The van der Waals surface area contributed by atoms with E-state index in [2.05, 4.69) is 5.32 Å². The molecule has 21 heavy (non-hydrogen) atoms. The molecular formula is C17H19FN2O. The third kappa shape index (κ3) is 3.60. The lowest BCUT2D eigenvalue weighted by molar-refractivity contribution is 0.0925. The van der Waals surface area contributed by atoms with Gasteiger partial charge in [-0.2, -0.15) is 0 Å². The maximum atomic E-state index is 13.5. The van der Waals surface area contributed by atoms with E-state index < -0.39 is 5.82 Å². The van der Waals surface area contributed by atoms with Crippen LogP contribution in [0.2, 0.25) is 0 Å². The molecule has 0 heterocycles. The van der Waals surface area contributed by atoms with Gasteiger partial charge < -0.3 is 11.1 Å². The van der Waals surface area contributed by atoms with Gasteiger partial charge in [0, 0.05) is 5.56 Å². The Morgan fingerprint density at radius 2 is 1.81 bits per heavy atom. The molecule has 0 aliphatic carbocycles. The van der Waals surface area contributed by atoms with Crippen LogP contribution in [0.4, 0.5) is 10.1 Å². The Labute approximate surface area is 124 Å². The highest BCUT2D eigenvalue weighted by atomic mass is 19.1. The first-order chi connectivity index (χ1) is 9.99. The molecule has 0 saturated heterocycles. The summed E-state index contributed by atoms with van der Waals surface area (Å²) in [4.78, 5) is 12.3. The molecule has 2 aromatic rings. The van der Waals surface area contributed by atoms with E-state index in [-0.39, 0.29) is 29.1 Å². The summed E-state index contributed by atoms with van der Waals surface area (Å²) < 4.78 is 13.5. The largest absolute Gasteiger partial charge is 0.396 e. The SMILES string of the molecule is CC(C)C(NC(=O)c1ccc(N)c(F)c1)c1ccccc1. The quantitative estimate of drug-likeness (QED) is 0.845. The molecule has 0 aliphatic heterocycles. The minimum Gasteiger partial charge on any atom is -0.396 e. The lowest BCUT2D eigenvalue weighted by Gasteiger charge is -2.23. The molecule has 1 amide bonds. The predicted octanol–water partition coefficient (Wildman–Crippen LogP) is 3.54. The fourth-order valence-electron chi connectivity index (χ4n) is 2.19. The van der Waals surface area contributed by atoms with Gasteiger partial charge in [-0.05, 0) is 29.7 Å². The molecule has 2 aromatic carbocycles. The van der Waals surface area contributed by atoms with Crippen LogP contribution in [-0.2, 0) is 0 Å². The zero-order chi connectivity index (χ0) is 15.4. The Morgan fingerprint density at radius 3 is 2.38 bits per heavy atom. The number of rotatable bonds is 4. The summed E-state index contributed by atoms with van der Waals surface area (Å²) in [5.74, 6) is -0.671. The van der Waals surface area contributed by atoms with E-state index in [1.54, 1.807) is 0 Å². The number of halogens is 1. The second-order valence-corrected chi connectivity index (χ2v) is 5.34. The second-order valence-electron chi connectivity index (χ2n) is 5.34. The number of carbonyl (C=O) groups excluding carboxylic acids is 1. The Hall–Kier alpha value is -2.36. The summed E-state index contributed by atoms with van der Waals surface area (Å²) in [6, 6.07) is 13.7. The lowest BCUT2D eigenvalue weighted by Crippen LogP contribution is -2.31. The molecule has 1 unspecified atom stereocenters. The van der Waals surface area contributed by atoms with Crippen molar-refractivity contribution in [2.75, 3.05) is 5.73 Å². The van der Waals surface area contributed by atoms with E-state index in [0.29, 0.717) is 0 Å². The Kier molecular flexibility index (Phi) is 4.58. The van der Waals surface area contributed by atoms with Crippen LogP contribution in [0.3, 0.4) is 0 Å². The topological polar surface area (TPSA) is 55.1 Å². The third-order valence-electron chi connectivity index (χ3n) is 3.37. The van der Waals surface area contributed by atoms with E-state index in [0.717, 1.165) is 11.6 Å². The Balaban J connectivity index is 2.21. The van der Waals surface area contributed by atoms with E-state index in [4.69, 9.17) is 5.73 Å². The van der Waals surface area contributed by atoms with Crippen LogP contribution in [0.1, 0.15) is 35.8 Å². The zero-order valence-corrected chi connectivity index (χ0v) is 12.1. The first-order valence-corrected chi connectivity index (χ1v) is 6.90. The average Bonchev–Trinajstić information content (AvgIpc) is 2.48. The normalized spacial score (nSPS) is 12.2. The van der Waals surface area contributed by atoms with Gasteiger partial charge in [-0.15, -0.1) is 0 Å². The zero-order valence-electron chi connectivity index (χ0n) is 12.1. The number of nitrogen functional groups attached to an aromatic ring is 1. The van der Waals surface area contributed by atoms with Gasteiger partial charge >= 0.3 is 0 Å². The van der Waals surface area contributed by atoms with Crippen LogP contribution in [0.15, 0.2) is 48.5 Å². The van der Waals surface area contributed by atoms with Crippen molar-refractivity contribution in [3.63, 3.8) is 0 Å². The first kappa shape index (κ1) is 15.0. The minimum absolute atomic E-state index is 0.0371. The van der Waals surface area contributed by atoms with Crippen molar-refractivity contribution in [2.45, 2.75) is 19.9 Å². The van der Waals surface area contributed by atoms with Gasteiger partial charge in [-0.25, -0.2) is 4.39 Å². The van der Waals surface area contributed by atoms with Crippen molar-refractivity contribution in [3.8, 4) is 0 Å². The van der Waals surface area contributed by atoms with Crippen molar-refractivity contribution < 1.29 is 9.18 Å². The summed E-state index contributed by atoms with van der Waals surface area (Å²) in [7, 11) is 0. The maximum absolute atomic E-state index is 13.5. The molecule has 110 valence electrons. The number of hydrogen-bond acceptors (Lipinski definition) is 2.